The second-order valence-corrected chi connectivity index (χ2v) is 7.61. The summed E-state index contributed by atoms with van der Waals surface area (Å²) in [5.41, 5.74) is 2.93. The van der Waals surface area contributed by atoms with Crippen molar-refractivity contribution in [3.63, 3.8) is 0 Å². The van der Waals surface area contributed by atoms with Gasteiger partial charge in [0.25, 0.3) is 0 Å². The van der Waals surface area contributed by atoms with Crippen molar-refractivity contribution in [3.05, 3.63) is 65.4 Å². The fraction of sp³-hybridized carbons (Fsp3) is 0.250. The summed E-state index contributed by atoms with van der Waals surface area (Å²) >= 11 is 7.37. The molecule has 0 fully saturated rings. The van der Waals surface area contributed by atoms with Gasteiger partial charge in [0.1, 0.15) is 6.33 Å². The van der Waals surface area contributed by atoms with Gasteiger partial charge in [-0.2, -0.15) is 0 Å². The van der Waals surface area contributed by atoms with Gasteiger partial charge in [0.2, 0.25) is 5.91 Å². The van der Waals surface area contributed by atoms with Gasteiger partial charge in [-0.05, 0) is 48.2 Å². The molecule has 0 aliphatic rings. The zero-order chi connectivity index (χ0) is 19.2. The first kappa shape index (κ1) is 19.5. The number of aromatic nitrogens is 3. The first-order valence-corrected chi connectivity index (χ1v) is 10.1. The lowest BCUT2D eigenvalue weighted by molar-refractivity contribution is -0.113. The maximum Gasteiger partial charge on any atom is 0.234 e. The molecule has 0 spiro atoms. The minimum atomic E-state index is -0.0862. The lowest BCUT2D eigenvalue weighted by Gasteiger charge is -2.10. The van der Waals surface area contributed by atoms with E-state index >= 15 is 0 Å². The summed E-state index contributed by atoms with van der Waals surface area (Å²) in [5.74, 6) is 0.673. The first-order chi connectivity index (χ1) is 13.1. The van der Waals surface area contributed by atoms with Gasteiger partial charge >= 0.3 is 0 Å². The Labute approximate surface area is 168 Å². The van der Waals surface area contributed by atoms with Crippen molar-refractivity contribution >= 4 is 35.0 Å². The number of carbonyl (C=O) groups is 1. The number of hydrogen-bond donors (Lipinski definition) is 1. The summed E-state index contributed by atoms with van der Waals surface area (Å²) in [4.78, 5) is 12.3. The monoisotopic (exact) mass is 400 g/mol. The van der Waals surface area contributed by atoms with Crippen LogP contribution in [0.3, 0.4) is 0 Å². The van der Waals surface area contributed by atoms with Gasteiger partial charge in [-0.15, -0.1) is 10.2 Å². The van der Waals surface area contributed by atoms with Crippen LogP contribution < -0.4 is 5.32 Å². The molecular formula is C20H21ClN4OS. The van der Waals surface area contributed by atoms with Crippen LogP contribution in [0, 0.1) is 0 Å². The summed E-state index contributed by atoms with van der Waals surface area (Å²) in [6.45, 7) is 4.36. The SMILES string of the molecule is CCC(C)c1ccc(NC(=O)CSc2nncn2-c2cccc(Cl)c2)cc1. The second-order valence-electron chi connectivity index (χ2n) is 6.23. The van der Waals surface area contributed by atoms with Crippen LogP contribution in [0.5, 0.6) is 0 Å². The lowest BCUT2D eigenvalue weighted by atomic mass is 9.99. The minimum Gasteiger partial charge on any atom is -0.325 e. The average Bonchev–Trinajstić information content (AvgIpc) is 3.15. The molecule has 2 aromatic carbocycles. The van der Waals surface area contributed by atoms with E-state index in [9.17, 15) is 4.79 Å². The molecule has 0 aliphatic carbocycles. The van der Waals surface area contributed by atoms with Crippen molar-refractivity contribution in [2.24, 2.45) is 0 Å². The third-order valence-electron chi connectivity index (χ3n) is 4.31. The van der Waals surface area contributed by atoms with Crippen LogP contribution in [0.1, 0.15) is 31.7 Å². The molecule has 0 radical (unpaired) electrons. The number of carbonyl (C=O) groups excluding carboxylic acids is 1. The van der Waals surface area contributed by atoms with Crippen LogP contribution in [0.2, 0.25) is 5.02 Å². The molecule has 0 saturated carbocycles. The molecule has 1 amide bonds. The Hall–Kier alpha value is -2.31. The van der Waals surface area contributed by atoms with Gasteiger partial charge in [-0.1, -0.05) is 55.4 Å². The number of nitrogens with zero attached hydrogens (tertiary/aromatic N) is 3. The van der Waals surface area contributed by atoms with Crippen molar-refractivity contribution in [2.45, 2.75) is 31.3 Å². The number of rotatable bonds is 7. The quantitative estimate of drug-likeness (QED) is 0.556. The Balaban J connectivity index is 1.59. The predicted octanol–water partition coefficient (Wildman–Crippen LogP) is 5.17. The summed E-state index contributed by atoms with van der Waals surface area (Å²) in [5, 5.41) is 12.2. The molecular weight excluding hydrogens is 380 g/mol. The largest absolute Gasteiger partial charge is 0.325 e. The zero-order valence-corrected chi connectivity index (χ0v) is 16.8. The van der Waals surface area contributed by atoms with E-state index in [1.54, 1.807) is 6.33 Å². The summed E-state index contributed by atoms with van der Waals surface area (Å²) < 4.78 is 1.81. The Morgan fingerprint density at radius 3 is 2.74 bits per heavy atom. The van der Waals surface area contributed by atoms with Gasteiger partial charge in [0.05, 0.1) is 11.4 Å². The highest BCUT2D eigenvalue weighted by Crippen LogP contribution is 2.23. The van der Waals surface area contributed by atoms with E-state index in [-0.39, 0.29) is 11.7 Å². The van der Waals surface area contributed by atoms with E-state index < -0.39 is 0 Å². The topological polar surface area (TPSA) is 59.8 Å². The molecule has 0 aliphatic heterocycles. The van der Waals surface area contributed by atoms with Crippen LogP contribution in [0.25, 0.3) is 5.69 Å². The molecule has 1 heterocycles. The first-order valence-electron chi connectivity index (χ1n) is 8.75. The molecule has 7 heteroatoms. The highest BCUT2D eigenvalue weighted by molar-refractivity contribution is 7.99. The van der Waals surface area contributed by atoms with Crippen LogP contribution in [0.4, 0.5) is 5.69 Å². The van der Waals surface area contributed by atoms with Crippen LogP contribution in [0.15, 0.2) is 60.0 Å². The fourth-order valence-electron chi connectivity index (χ4n) is 2.58. The number of halogens is 1. The third-order valence-corrected chi connectivity index (χ3v) is 5.49. The number of thioether (sulfide) groups is 1. The number of hydrogen-bond acceptors (Lipinski definition) is 4. The highest BCUT2D eigenvalue weighted by Gasteiger charge is 2.11. The van der Waals surface area contributed by atoms with Crippen molar-refractivity contribution in [1.82, 2.24) is 14.8 Å². The summed E-state index contributed by atoms with van der Waals surface area (Å²) in [6, 6.07) is 15.4. The van der Waals surface area contributed by atoms with Gasteiger partial charge in [0, 0.05) is 10.7 Å². The van der Waals surface area contributed by atoms with E-state index in [4.69, 9.17) is 11.6 Å². The van der Waals surface area contributed by atoms with Gasteiger partial charge in [-0.25, -0.2) is 0 Å². The molecule has 1 atom stereocenters. The fourth-order valence-corrected chi connectivity index (χ4v) is 3.50. The number of amides is 1. The summed E-state index contributed by atoms with van der Waals surface area (Å²) in [6.07, 6.45) is 2.70. The average molecular weight is 401 g/mol. The smallest absolute Gasteiger partial charge is 0.234 e. The zero-order valence-electron chi connectivity index (χ0n) is 15.2. The number of nitrogens with one attached hydrogen (secondary N) is 1. The van der Waals surface area contributed by atoms with E-state index in [1.807, 2.05) is 41.0 Å². The maximum absolute atomic E-state index is 12.3. The second kappa shape index (κ2) is 9.06. The van der Waals surface area contributed by atoms with Crippen molar-refractivity contribution in [2.75, 3.05) is 11.1 Å². The van der Waals surface area contributed by atoms with E-state index in [0.717, 1.165) is 17.8 Å². The molecule has 3 rings (SSSR count). The number of benzene rings is 2. The van der Waals surface area contributed by atoms with Gasteiger partial charge in [0.15, 0.2) is 5.16 Å². The van der Waals surface area contributed by atoms with E-state index in [2.05, 4.69) is 41.5 Å². The van der Waals surface area contributed by atoms with Crippen LogP contribution in [-0.2, 0) is 4.79 Å². The molecule has 140 valence electrons. The molecule has 1 unspecified atom stereocenters. The molecule has 0 saturated heterocycles. The Bertz CT molecular complexity index is 910. The van der Waals surface area contributed by atoms with Crippen molar-refractivity contribution in [3.8, 4) is 5.69 Å². The normalized spacial score (nSPS) is 12.0. The Morgan fingerprint density at radius 2 is 2.04 bits per heavy atom. The molecule has 1 aromatic heterocycles. The van der Waals surface area contributed by atoms with E-state index in [0.29, 0.717) is 16.1 Å². The van der Waals surface area contributed by atoms with Crippen LogP contribution >= 0.6 is 23.4 Å². The molecule has 3 aromatic rings. The maximum atomic E-state index is 12.3. The van der Waals surface area contributed by atoms with E-state index in [1.165, 1.54) is 17.3 Å². The minimum absolute atomic E-state index is 0.0862. The Kier molecular flexibility index (Phi) is 6.53. The molecule has 27 heavy (non-hydrogen) atoms. The van der Waals surface area contributed by atoms with Gasteiger partial charge in [-0.3, -0.25) is 9.36 Å². The van der Waals surface area contributed by atoms with Crippen molar-refractivity contribution < 1.29 is 4.79 Å². The van der Waals surface area contributed by atoms with Gasteiger partial charge < -0.3 is 5.32 Å². The predicted molar refractivity (Wildman–Crippen MR) is 111 cm³/mol. The standard InChI is InChI=1S/C20H21ClN4OS/c1-3-14(2)15-7-9-17(10-8-15)23-19(26)12-27-20-24-22-13-25(20)18-6-4-5-16(21)11-18/h4-11,13-14H,3,12H2,1-2H3,(H,23,26). The summed E-state index contributed by atoms with van der Waals surface area (Å²) in [7, 11) is 0. The van der Waals surface area contributed by atoms with Crippen LogP contribution in [-0.4, -0.2) is 26.4 Å². The molecule has 1 N–H and O–H groups in total. The van der Waals surface area contributed by atoms with Crippen molar-refractivity contribution in [1.29, 1.82) is 0 Å². The lowest BCUT2D eigenvalue weighted by Crippen LogP contribution is -2.14. The third kappa shape index (κ3) is 5.11. The Morgan fingerprint density at radius 1 is 1.26 bits per heavy atom. The highest BCUT2D eigenvalue weighted by atomic mass is 35.5. The molecule has 0 bridgehead atoms. The number of anilines is 1. The molecule has 5 nitrogen and oxygen atoms in total.